The maximum Gasteiger partial charge on any atom is 0.316 e. The van der Waals surface area contributed by atoms with Crippen molar-refractivity contribution in [1.82, 2.24) is 15.2 Å². The molecule has 7 heteroatoms. The van der Waals surface area contributed by atoms with Crippen LogP contribution in [0.3, 0.4) is 0 Å². The third-order valence-electron chi connectivity index (χ3n) is 1.94. The molecule has 2 aromatic heterocycles. The number of hydrogen-bond acceptors (Lipinski definition) is 6. The van der Waals surface area contributed by atoms with Gasteiger partial charge in [0.05, 0.1) is 5.56 Å². The second kappa shape index (κ2) is 4.96. The lowest BCUT2D eigenvalue weighted by Gasteiger charge is -1.99. The Hall–Kier alpha value is -1.89. The maximum atomic E-state index is 10.7. The summed E-state index contributed by atoms with van der Waals surface area (Å²) in [6.45, 7) is 1.56. The number of carboxylic acids is 1. The van der Waals surface area contributed by atoms with E-state index in [9.17, 15) is 4.79 Å². The van der Waals surface area contributed by atoms with Gasteiger partial charge < -0.3 is 9.52 Å². The van der Waals surface area contributed by atoms with Gasteiger partial charge in [-0.2, -0.15) is 0 Å². The van der Waals surface area contributed by atoms with Gasteiger partial charge >= 0.3 is 5.97 Å². The van der Waals surface area contributed by atoms with E-state index in [1.54, 1.807) is 31.5 Å². The molecule has 0 unspecified atom stereocenters. The molecule has 17 heavy (non-hydrogen) atoms. The van der Waals surface area contributed by atoms with Gasteiger partial charge in [-0.25, -0.2) is 0 Å². The number of aromatic nitrogens is 3. The number of nitrogens with zero attached hydrogens (tertiary/aromatic N) is 3. The van der Waals surface area contributed by atoms with E-state index in [1.807, 2.05) is 0 Å². The topological polar surface area (TPSA) is 89.1 Å². The van der Waals surface area contributed by atoms with E-state index >= 15 is 0 Å². The van der Waals surface area contributed by atoms with E-state index in [0.717, 1.165) is 11.8 Å². The summed E-state index contributed by atoms with van der Waals surface area (Å²) in [7, 11) is 0. The van der Waals surface area contributed by atoms with Crippen molar-refractivity contribution in [3.05, 3.63) is 24.5 Å². The monoisotopic (exact) mass is 251 g/mol. The molecular formula is C10H9N3O3S. The van der Waals surface area contributed by atoms with Gasteiger partial charge in [0.1, 0.15) is 5.25 Å². The Labute approximate surface area is 101 Å². The number of pyridine rings is 1. The average molecular weight is 251 g/mol. The lowest BCUT2D eigenvalue weighted by molar-refractivity contribution is -0.136. The summed E-state index contributed by atoms with van der Waals surface area (Å²) < 4.78 is 5.33. The van der Waals surface area contributed by atoms with Crippen molar-refractivity contribution in [2.75, 3.05) is 0 Å². The molecule has 0 radical (unpaired) electrons. The van der Waals surface area contributed by atoms with Crippen LogP contribution in [0, 0.1) is 0 Å². The van der Waals surface area contributed by atoms with Crippen LogP contribution in [0.25, 0.3) is 11.5 Å². The Kier molecular flexibility index (Phi) is 3.38. The highest BCUT2D eigenvalue weighted by atomic mass is 32.2. The molecule has 0 saturated carbocycles. The fourth-order valence-electron chi connectivity index (χ4n) is 1.06. The van der Waals surface area contributed by atoms with Gasteiger partial charge in [0.15, 0.2) is 0 Å². The largest absolute Gasteiger partial charge is 0.480 e. The number of thioether (sulfide) groups is 1. The van der Waals surface area contributed by atoms with Crippen LogP contribution in [-0.2, 0) is 4.79 Å². The van der Waals surface area contributed by atoms with Crippen molar-refractivity contribution >= 4 is 17.7 Å². The van der Waals surface area contributed by atoms with Gasteiger partial charge in [0.2, 0.25) is 5.89 Å². The molecule has 2 heterocycles. The second-order valence-corrected chi connectivity index (χ2v) is 4.51. The molecule has 2 rings (SSSR count). The minimum absolute atomic E-state index is 0.235. The Morgan fingerprint density at radius 1 is 1.53 bits per heavy atom. The molecule has 0 fully saturated rings. The van der Waals surface area contributed by atoms with E-state index in [0.29, 0.717) is 11.5 Å². The fourth-order valence-corrected chi connectivity index (χ4v) is 1.68. The van der Waals surface area contributed by atoms with Crippen LogP contribution in [0.2, 0.25) is 0 Å². The molecule has 0 amide bonds. The molecule has 0 aliphatic rings. The lowest BCUT2D eigenvalue weighted by atomic mass is 10.3. The summed E-state index contributed by atoms with van der Waals surface area (Å²) in [5.74, 6) is -0.589. The summed E-state index contributed by atoms with van der Waals surface area (Å²) in [4.78, 5) is 14.6. The molecule has 1 atom stereocenters. The first-order valence-electron chi connectivity index (χ1n) is 4.80. The highest BCUT2D eigenvalue weighted by Crippen LogP contribution is 2.25. The summed E-state index contributed by atoms with van der Waals surface area (Å²) in [6, 6.07) is 3.54. The van der Waals surface area contributed by atoms with Crippen LogP contribution in [0.15, 0.2) is 34.2 Å². The molecule has 0 aliphatic carbocycles. The van der Waals surface area contributed by atoms with Crippen LogP contribution < -0.4 is 0 Å². The van der Waals surface area contributed by atoms with E-state index < -0.39 is 11.2 Å². The molecule has 1 N–H and O–H groups in total. The Morgan fingerprint density at radius 3 is 3.00 bits per heavy atom. The van der Waals surface area contributed by atoms with E-state index in [4.69, 9.17) is 9.52 Å². The van der Waals surface area contributed by atoms with Crippen LogP contribution in [0.4, 0.5) is 0 Å². The van der Waals surface area contributed by atoms with Crippen LogP contribution in [-0.4, -0.2) is 31.5 Å². The van der Waals surface area contributed by atoms with Gasteiger partial charge in [0.25, 0.3) is 5.22 Å². The zero-order valence-corrected chi connectivity index (χ0v) is 9.72. The van der Waals surface area contributed by atoms with Gasteiger partial charge in [-0.05, 0) is 19.1 Å². The van der Waals surface area contributed by atoms with Crippen LogP contribution >= 0.6 is 11.8 Å². The number of rotatable bonds is 4. The SMILES string of the molecule is C[C@@H](Sc1nnc(-c2cccnc2)o1)C(=O)O. The smallest absolute Gasteiger partial charge is 0.316 e. The normalized spacial score (nSPS) is 12.3. The zero-order chi connectivity index (χ0) is 12.3. The molecule has 0 spiro atoms. The lowest BCUT2D eigenvalue weighted by Crippen LogP contribution is -2.10. The minimum atomic E-state index is -0.920. The number of carboxylic acid groups (broad SMARTS) is 1. The molecule has 6 nitrogen and oxygen atoms in total. The van der Waals surface area contributed by atoms with Crippen LogP contribution in [0.5, 0.6) is 0 Å². The molecular weight excluding hydrogens is 242 g/mol. The fraction of sp³-hybridized carbons (Fsp3) is 0.200. The van der Waals surface area contributed by atoms with Crippen LogP contribution in [0.1, 0.15) is 6.92 Å². The third kappa shape index (κ3) is 2.82. The highest BCUT2D eigenvalue weighted by Gasteiger charge is 2.17. The van der Waals surface area contributed by atoms with Gasteiger partial charge in [-0.15, -0.1) is 10.2 Å². The van der Waals surface area contributed by atoms with Crippen molar-refractivity contribution in [3.8, 4) is 11.5 Å². The average Bonchev–Trinajstić information content (AvgIpc) is 2.78. The number of hydrogen-bond donors (Lipinski definition) is 1. The first-order valence-corrected chi connectivity index (χ1v) is 5.68. The Balaban J connectivity index is 2.14. The summed E-state index contributed by atoms with van der Waals surface area (Å²) in [6.07, 6.45) is 3.24. The predicted molar refractivity (Wildman–Crippen MR) is 60.5 cm³/mol. The highest BCUT2D eigenvalue weighted by molar-refractivity contribution is 8.00. The molecule has 0 aromatic carbocycles. The number of aliphatic carboxylic acids is 1. The summed E-state index contributed by atoms with van der Waals surface area (Å²) in [5, 5.41) is 16.0. The third-order valence-corrected chi connectivity index (χ3v) is 2.86. The Morgan fingerprint density at radius 2 is 2.35 bits per heavy atom. The molecule has 0 aliphatic heterocycles. The van der Waals surface area contributed by atoms with Crippen molar-refractivity contribution in [3.63, 3.8) is 0 Å². The first kappa shape index (κ1) is 11.6. The van der Waals surface area contributed by atoms with Crippen molar-refractivity contribution in [1.29, 1.82) is 0 Å². The standard InChI is InChI=1S/C10H9N3O3S/c1-6(9(14)15)17-10-13-12-8(16-10)7-3-2-4-11-5-7/h2-6H,1H3,(H,14,15)/t6-/m1/s1. The minimum Gasteiger partial charge on any atom is -0.480 e. The van der Waals surface area contributed by atoms with Crippen molar-refractivity contribution in [2.45, 2.75) is 17.4 Å². The first-order chi connectivity index (χ1) is 8.16. The van der Waals surface area contributed by atoms with E-state index in [2.05, 4.69) is 15.2 Å². The zero-order valence-electron chi connectivity index (χ0n) is 8.90. The quantitative estimate of drug-likeness (QED) is 0.827. The predicted octanol–water partition coefficient (Wildman–Crippen LogP) is 1.70. The van der Waals surface area contributed by atoms with Crippen molar-refractivity contribution in [2.24, 2.45) is 0 Å². The van der Waals surface area contributed by atoms with Gasteiger partial charge in [-0.1, -0.05) is 11.8 Å². The molecule has 0 bridgehead atoms. The molecule has 0 saturated heterocycles. The summed E-state index contributed by atoms with van der Waals surface area (Å²) in [5.41, 5.74) is 0.704. The Bertz CT molecular complexity index is 515. The maximum absolute atomic E-state index is 10.7. The molecule has 2 aromatic rings. The van der Waals surface area contributed by atoms with E-state index in [1.165, 1.54) is 0 Å². The van der Waals surface area contributed by atoms with Gasteiger partial charge in [-0.3, -0.25) is 9.78 Å². The van der Waals surface area contributed by atoms with Crippen molar-refractivity contribution < 1.29 is 14.3 Å². The summed E-state index contributed by atoms with van der Waals surface area (Å²) >= 11 is 1.01. The molecule has 88 valence electrons. The van der Waals surface area contributed by atoms with E-state index in [-0.39, 0.29) is 5.22 Å². The number of carbonyl (C=O) groups is 1. The van der Waals surface area contributed by atoms with Gasteiger partial charge in [0, 0.05) is 12.4 Å². The second-order valence-electron chi connectivity index (χ2n) is 3.21.